The standard InChI is InChI=1S/C15H18ClN3O/c16-11-5-3-4-10(8-11)9-14-18-15(20-19-14)12-6-1-2-7-13(12)17/h3-5,8,12-13H,1-2,6-7,9,17H2. The summed E-state index contributed by atoms with van der Waals surface area (Å²) in [7, 11) is 0. The van der Waals surface area contributed by atoms with Crippen LogP contribution in [0.4, 0.5) is 0 Å². The summed E-state index contributed by atoms with van der Waals surface area (Å²) in [5, 5.41) is 4.79. The van der Waals surface area contributed by atoms with Crippen molar-refractivity contribution >= 4 is 11.6 Å². The van der Waals surface area contributed by atoms with Gasteiger partial charge in [0.2, 0.25) is 5.89 Å². The number of rotatable bonds is 3. The SMILES string of the molecule is NC1CCCCC1c1nc(Cc2cccc(Cl)c2)no1. The van der Waals surface area contributed by atoms with Crippen LogP contribution in [0.2, 0.25) is 5.02 Å². The second-order valence-corrected chi connectivity index (χ2v) is 5.85. The van der Waals surface area contributed by atoms with Gasteiger partial charge in [0.05, 0.1) is 5.92 Å². The van der Waals surface area contributed by atoms with E-state index in [4.69, 9.17) is 21.9 Å². The van der Waals surface area contributed by atoms with Gasteiger partial charge in [0.25, 0.3) is 0 Å². The molecule has 106 valence electrons. The lowest BCUT2D eigenvalue weighted by atomic mass is 9.85. The Bertz CT molecular complexity index is 584. The molecule has 0 spiro atoms. The molecule has 4 nitrogen and oxygen atoms in total. The van der Waals surface area contributed by atoms with E-state index in [1.807, 2.05) is 24.3 Å². The fourth-order valence-electron chi connectivity index (χ4n) is 2.79. The average Bonchev–Trinajstić information content (AvgIpc) is 2.87. The Morgan fingerprint density at radius 1 is 1.30 bits per heavy atom. The molecule has 1 fully saturated rings. The summed E-state index contributed by atoms with van der Waals surface area (Å²) < 4.78 is 5.40. The summed E-state index contributed by atoms with van der Waals surface area (Å²) in [4.78, 5) is 4.51. The van der Waals surface area contributed by atoms with Crippen molar-refractivity contribution in [1.29, 1.82) is 0 Å². The summed E-state index contributed by atoms with van der Waals surface area (Å²) in [6, 6.07) is 7.85. The van der Waals surface area contributed by atoms with Crippen LogP contribution in [0.3, 0.4) is 0 Å². The first kappa shape index (κ1) is 13.6. The van der Waals surface area contributed by atoms with E-state index < -0.39 is 0 Å². The molecule has 5 heteroatoms. The highest BCUT2D eigenvalue weighted by atomic mass is 35.5. The lowest BCUT2D eigenvalue weighted by Gasteiger charge is -2.25. The first-order chi connectivity index (χ1) is 9.72. The predicted molar refractivity (Wildman–Crippen MR) is 77.7 cm³/mol. The van der Waals surface area contributed by atoms with Crippen LogP contribution in [0.25, 0.3) is 0 Å². The van der Waals surface area contributed by atoms with Gasteiger partial charge in [-0.2, -0.15) is 4.98 Å². The lowest BCUT2D eigenvalue weighted by Crippen LogP contribution is -2.31. The summed E-state index contributed by atoms with van der Waals surface area (Å²) >= 11 is 5.98. The van der Waals surface area contributed by atoms with Crippen molar-refractivity contribution in [2.24, 2.45) is 5.73 Å². The van der Waals surface area contributed by atoms with Gasteiger partial charge >= 0.3 is 0 Å². The van der Waals surface area contributed by atoms with E-state index in [-0.39, 0.29) is 12.0 Å². The molecule has 2 N–H and O–H groups in total. The van der Waals surface area contributed by atoms with Gasteiger partial charge in [-0.25, -0.2) is 0 Å². The van der Waals surface area contributed by atoms with Crippen molar-refractivity contribution in [1.82, 2.24) is 10.1 Å². The molecule has 1 saturated carbocycles. The average molecular weight is 292 g/mol. The topological polar surface area (TPSA) is 64.9 Å². The van der Waals surface area contributed by atoms with Crippen molar-refractivity contribution in [2.75, 3.05) is 0 Å². The van der Waals surface area contributed by atoms with Crippen LogP contribution in [0.15, 0.2) is 28.8 Å². The second kappa shape index (κ2) is 5.94. The fraction of sp³-hybridized carbons (Fsp3) is 0.467. The molecule has 0 amide bonds. The molecule has 1 aliphatic carbocycles. The van der Waals surface area contributed by atoms with Crippen LogP contribution < -0.4 is 5.73 Å². The van der Waals surface area contributed by atoms with Crippen molar-refractivity contribution < 1.29 is 4.52 Å². The highest BCUT2D eigenvalue weighted by molar-refractivity contribution is 6.30. The number of nitrogens with zero attached hydrogens (tertiary/aromatic N) is 2. The number of benzene rings is 1. The zero-order valence-corrected chi connectivity index (χ0v) is 12.0. The molecular weight excluding hydrogens is 274 g/mol. The molecule has 2 atom stereocenters. The third-order valence-corrected chi connectivity index (χ3v) is 4.11. The molecule has 1 aromatic heterocycles. The maximum Gasteiger partial charge on any atom is 0.231 e. The molecule has 1 heterocycles. The third kappa shape index (κ3) is 3.02. The van der Waals surface area contributed by atoms with Gasteiger partial charge in [-0.05, 0) is 30.5 Å². The Kier molecular flexibility index (Phi) is 4.03. The van der Waals surface area contributed by atoms with Crippen molar-refractivity contribution in [3.05, 3.63) is 46.6 Å². The van der Waals surface area contributed by atoms with E-state index in [1.54, 1.807) is 0 Å². The Hall–Kier alpha value is -1.39. The number of nitrogens with two attached hydrogens (primary N) is 1. The normalized spacial score (nSPS) is 22.9. The summed E-state index contributed by atoms with van der Waals surface area (Å²) in [6.45, 7) is 0. The van der Waals surface area contributed by atoms with Crippen LogP contribution in [0.1, 0.15) is 48.9 Å². The maximum atomic E-state index is 6.15. The molecule has 20 heavy (non-hydrogen) atoms. The van der Waals surface area contributed by atoms with E-state index in [9.17, 15) is 0 Å². The van der Waals surface area contributed by atoms with Crippen molar-refractivity contribution in [3.8, 4) is 0 Å². The minimum Gasteiger partial charge on any atom is -0.339 e. The van der Waals surface area contributed by atoms with Gasteiger partial charge < -0.3 is 10.3 Å². The van der Waals surface area contributed by atoms with Crippen LogP contribution >= 0.6 is 11.6 Å². The molecule has 1 aromatic carbocycles. The quantitative estimate of drug-likeness (QED) is 0.942. The van der Waals surface area contributed by atoms with Gasteiger partial charge in [-0.3, -0.25) is 0 Å². The first-order valence-corrected chi connectivity index (χ1v) is 7.42. The van der Waals surface area contributed by atoms with E-state index in [0.717, 1.165) is 23.4 Å². The van der Waals surface area contributed by atoms with Crippen LogP contribution in [-0.4, -0.2) is 16.2 Å². The van der Waals surface area contributed by atoms with Gasteiger partial charge in [0.15, 0.2) is 5.82 Å². The van der Waals surface area contributed by atoms with Crippen molar-refractivity contribution in [2.45, 2.75) is 44.1 Å². The second-order valence-electron chi connectivity index (χ2n) is 5.41. The summed E-state index contributed by atoms with van der Waals surface area (Å²) in [5.74, 6) is 1.60. The molecule has 2 unspecified atom stereocenters. The number of hydrogen-bond acceptors (Lipinski definition) is 4. The largest absolute Gasteiger partial charge is 0.339 e. The molecule has 1 aliphatic rings. The highest BCUT2D eigenvalue weighted by Gasteiger charge is 2.28. The fourth-order valence-corrected chi connectivity index (χ4v) is 3.00. The smallest absolute Gasteiger partial charge is 0.231 e. The maximum absolute atomic E-state index is 6.15. The summed E-state index contributed by atoms with van der Waals surface area (Å²) in [5.41, 5.74) is 7.23. The van der Waals surface area contributed by atoms with E-state index in [0.29, 0.717) is 18.1 Å². The van der Waals surface area contributed by atoms with Crippen molar-refractivity contribution in [3.63, 3.8) is 0 Å². The molecule has 0 radical (unpaired) electrons. The zero-order valence-electron chi connectivity index (χ0n) is 11.3. The van der Waals surface area contributed by atoms with Crippen LogP contribution in [0, 0.1) is 0 Å². The molecular formula is C15H18ClN3O. The van der Waals surface area contributed by atoms with E-state index >= 15 is 0 Å². The van der Waals surface area contributed by atoms with E-state index in [1.165, 1.54) is 12.8 Å². The minimum absolute atomic E-state index is 0.142. The number of aromatic nitrogens is 2. The zero-order chi connectivity index (χ0) is 13.9. The Labute approximate surface area is 123 Å². The first-order valence-electron chi connectivity index (χ1n) is 7.05. The van der Waals surface area contributed by atoms with Gasteiger partial charge in [-0.15, -0.1) is 0 Å². The van der Waals surface area contributed by atoms with E-state index in [2.05, 4.69) is 10.1 Å². The predicted octanol–water partition coefficient (Wildman–Crippen LogP) is 3.30. The lowest BCUT2D eigenvalue weighted by molar-refractivity contribution is 0.289. The highest BCUT2D eigenvalue weighted by Crippen LogP contribution is 2.31. The summed E-state index contributed by atoms with van der Waals surface area (Å²) in [6.07, 6.45) is 5.09. The molecule has 2 aromatic rings. The van der Waals surface area contributed by atoms with Crippen LogP contribution in [0.5, 0.6) is 0 Å². The Morgan fingerprint density at radius 2 is 2.15 bits per heavy atom. The Morgan fingerprint density at radius 3 is 2.95 bits per heavy atom. The molecule has 0 aliphatic heterocycles. The molecule has 0 bridgehead atoms. The van der Waals surface area contributed by atoms with Gasteiger partial charge in [-0.1, -0.05) is 41.7 Å². The van der Waals surface area contributed by atoms with Crippen LogP contribution in [-0.2, 0) is 6.42 Å². The monoisotopic (exact) mass is 291 g/mol. The molecule has 3 rings (SSSR count). The minimum atomic E-state index is 0.142. The number of hydrogen-bond donors (Lipinski definition) is 1. The Balaban J connectivity index is 1.73. The van der Waals surface area contributed by atoms with Gasteiger partial charge in [0.1, 0.15) is 0 Å². The third-order valence-electron chi connectivity index (χ3n) is 3.87. The molecule has 0 saturated heterocycles. The van der Waals surface area contributed by atoms with Gasteiger partial charge in [0, 0.05) is 17.5 Å². The number of halogens is 1.